The Morgan fingerprint density at radius 3 is 2.44 bits per heavy atom. The van der Waals surface area contributed by atoms with Gasteiger partial charge in [-0.05, 0) is 20.4 Å². The van der Waals surface area contributed by atoms with Crippen LogP contribution < -0.4 is 0 Å². The van der Waals surface area contributed by atoms with Gasteiger partial charge in [-0.2, -0.15) is 0 Å². The second-order valence-electron chi connectivity index (χ2n) is 4.13. The minimum atomic E-state index is -1.48. The lowest BCUT2D eigenvalue weighted by atomic mass is 10.1. The van der Waals surface area contributed by atoms with Crippen molar-refractivity contribution in [3.8, 4) is 0 Å². The number of methoxy groups -OCH3 is 2. The van der Waals surface area contributed by atoms with Crippen molar-refractivity contribution in [3.63, 3.8) is 0 Å². The van der Waals surface area contributed by atoms with Crippen LogP contribution in [0, 0.1) is 0 Å². The lowest BCUT2D eigenvalue weighted by Crippen LogP contribution is -2.50. The van der Waals surface area contributed by atoms with Crippen LogP contribution in [-0.4, -0.2) is 61.5 Å². The van der Waals surface area contributed by atoms with Gasteiger partial charge in [-0.15, -0.1) is 0 Å². The minimum Gasteiger partial charge on any atom is -0.467 e. The Kier molecular flexibility index (Phi) is 6.55. The average molecular weight is 233 g/mol. The maximum Gasteiger partial charge on any atom is 0.338 e. The summed E-state index contributed by atoms with van der Waals surface area (Å²) in [6, 6.07) is 0.145. The van der Waals surface area contributed by atoms with E-state index < -0.39 is 11.6 Å². The molecule has 96 valence electrons. The molecule has 0 saturated heterocycles. The van der Waals surface area contributed by atoms with E-state index in [2.05, 4.69) is 4.74 Å². The molecule has 0 bridgehead atoms. The molecule has 2 atom stereocenters. The Bertz CT molecular complexity index is 218. The van der Waals surface area contributed by atoms with E-state index in [9.17, 15) is 9.90 Å². The molecule has 0 aromatic rings. The largest absolute Gasteiger partial charge is 0.467 e. The number of hydrogen-bond acceptors (Lipinski definition) is 5. The van der Waals surface area contributed by atoms with Crippen LogP contribution in [0.1, 0.15) is 20.8 Å². The van der Waals surface area contributed by atoms with Crippen LogP contribution in [0.25, 0.3) is 0 Å². The van der Waals surface area contributed by atoms with E-state index in [1.54, 1.807) is 7.11 Å². The maximum atomic E-state index is 11.3. The van der Waals surface area contributed by atoms with Gasteiger partial charge in [0.25, 0.3) is 0 Å². The lowest BCUT2D eigenvalue weighted by Gasteiger charge is -2.32. The highest BCUT2D eigenvalue weighted by Gasteiger charge is 2.34. The number of nitrogens with zero attached hydrogens (tertiary/aromatic N) is 1. The van der Waals surface area contributed by atoms with Crippen LogP contribution in [0.15, 0.2) is 0 Å². The molecule has 0 aliphatic rings. The van der Waals surface area contributed by atoms with Crippen LogP contribution in [0.4, 0.5) is 0 Å². The van der Waals surface area contributed by atoms with Gasteiger partial charge >= 0.3 is 5.97 Å². The summed E-state index contributed by atoms with van der Waals surface area (Å²) in [6.45, 7) is 6.95. The van der Waals surface area contributed by atoms with Crippen molar-refractivity contribution < 1.29 is 19.4 Å². The fourth-order valence-corrected chi connectivity index (χ4v) is 1.61. The van der Waals surface area contributed by atoms with Crippen molar-refractivity contribution in [3.05, 3.63) is 0 Å². The van der Waals surface area contributed by atoms with E-state index in [1.807, 2.05) is 18.7 Å². The topological polar surface area (TPSA) is 59.0 Å². The molecule has 0 radical (unpaired) electrons. The second-order valence-corrected chi connectivity index (χ2v) is 4.13. The van der Waals surface area contributed by atoms with Gasteiger partial charge in [0.2, 0.25) is 0 Å². The normalized spacial score (nSPS) is 16.9. The molecule has 2 unspecified atom stereocenters. The number of esters is 1. The van der Waals surface area contributed by atoms with Crippen molar-refractivity contribution in [2.75, 3.05) is 33.9 Å². The Morgan fingerprint density at radius 1 is 1.50 bits per heavy atom. The molecule has 0 aliphatic carbocycles. The summed E-state index contributed by atoms with van der Waals surface area (Å²) in [5.74, 6) is -0.615. The molecule has 0 aromatic carbocycles. The van der Waals surface area contributed by atoms with Gasteiger partial charge in [-0.1, -0.05) is 6.92 Å². The first-order valence-corrected chi connectivity index (χ1v) is 5.42. The first kappa shape index (κ1) is 15.3. The minimum absolute atomic E-state index is 0.145. The third-order valence-corrected chi connectivity index (χ3v) is 2.57. The summed E-state index contributed by atoms with van der Waals surface area (Å²) in [6.07, 6.45) is 0. The van der Waals surface area contributed by atoms with Crippen LogP contribution in [0.3, 0.4) is 0 Å². The molecule has 0 amide bonds. The van der Waals surface area contributed by atoms with Gasteiger partial charge in [0.15, 0.2) is 5.60 Å². The Labute approximate surface area is 97.3 Å². The molecule has 0 fully saturated rings. The predicted molar refractivity (Wildman–Crippen MR) is 61.2 cm³/mol. The van der Waals surface area contributed by atoms with Crippen LogP contribution in [0.2, 0.25) is 0 Å². The summed E-state index contributed by atoms with van der Waals surface area (Å²) in [5.41, 5.74) is -1.48. The molecular weight excluding hydrogens is 210 g/mol. The summed E-state index contributed by atoms with van der Waals surface area (Å²) in [5, 5.41) is 9.94. The number of aliphatic hydroxyl groups is 1. The van der Waals surface area contributed by atoms with Gasteiger partial charge in [0, 0.05) is 19.7 Å². The second kappa shape index (κ2) is 6.83. The van der Waals surface area contributed by atoms with Gasteiger partial charge in [-0.25, -0.2) is 4.79 Å². The van der Waals surface area contributed by atoms with Crippen molar-refractivity contribution in [2.24, 2.45) is 0 Å². The highest BCUT2D eigenvalue weighted by atomic mass is 16.5. The summed E-state index contributed by atoms with van der Waals surface area (Å²) >= 11 is 0. The number of likely N-dealkylation sites (N-methyl/N-ethyl adjacent to an activating group) is 1. The molecule has 0 aromatic heterocycles. The molecule has 0 aliphatic heterocycles. The van der Waals surface area contributed by atoms with Crippen molar-refractivity contribution in [2.45, 2.75) is 32.4 Å². The zero-order valence-electron chi connectivity index (χ0n) is 10.8. The zero-order chi connectivity index (χ0) is 12.8. The molecule has 0 rings (SSSR count). The molecule has 5 heteroatoms. The summed E-state index contributed by atoms with van der Waals surface area (Å²) in [7, 11) is 2.90. The van der Waals surface area contributed by atoms with Crippen LogP contribution in [-0.2, 0) is 14.3 Å². The quantitative estimate of drug-likeness (QED) is 0.639. The molecule has 1 N–H and O–H groups in total. The smallest absolute Gasteiger partial charge is 0.338 e. The van der Waals surface area contributed by atoms with E-state index in [0.717, 1.165) is 6.54 Å². The van der Waals surface area contributed by atoms with Gasteiger partial charge in [0.05, 0.1) is 13.7 Å². The van der Waals surface area contributed by atoms with E-state index in [0.29, 0.717) is 6.61 Å². The maximum absolute atomic E-state index is 11.3. The Hall–Kier alpha value is -0.650. The Morgan fingerprint density at radius 2 is 2.06 bits per heavy atom. The highest BCUT2D eigenvalue weighted by Crippen LogP contribution is 2.11. The van der Waals surface area contributed by atoms with Crippen molar-refractivity contribution >= 4 is 5.97 Å². The van der Waals surface area contributed by atoms with E-state index in [4.69, 9.17) is 4.74 Å². The first-order chi connectivity index (χ1) is 7.38. The molecule has 16 heavy (non-hydrogen) atoms. The number of ether oxygens (including phenoxy) is 2. The fraction of sp³-hybridized carbons (Fsp3) is 0.909. The van der Waals surface area contributed by atoms with Crippen LogP contribution >= 0.6 is 0 Å². The molecule has 0 saturated carbocycles. The van der Waals surface area contributed by atoms with Gasteiger partial charge in [0.1, 0.15) is 0 Å². The van der Waals surface area contributed by atoms with Crippen LogP contribution in [0.5, 0.6) is 0 Å². The summed E-state index contributed by atoms with van der Waals surface area (Å²) in [4.78, 5) is 13.3. The van der Waals surface area contributed by atoms with E-state index >= 15 is 0 Å². The first-order valence-electron chi connectivity index (χ1n) is 5.42. The third-order valence-electron chi connectivity index (χ3n) is 2.57. The lowest BCUT2D eigenvalue weighted by molar-refractivity contribution is -0.163. The predicted octanol–water partition coefficient (Wildman–Crippen LogP) is 0.267. The molecular formula is C11H23NO4. The molecule has 0 spiro atoms. The monoisotopic (exact) mass is 233 g/mol. The van der Waals surface area contributed by atoms with E-state index in [1.165, 1.54) is 14.0 Å². The third kappa shape index (κ3) is 4.47. The fourth-order valence-electron chi connectivity index (χ4n) is 1.61. The Balaban J connectivity index is 4.46. The number of carbonyl (C=O) groups excluding carboxylic acids is 1. The number of hydrogen-bond donors (Lipinski definition) is 1. The van der Waals surface area contributed by atoms with Gasteiger partial charge in [-0.3, -0.25) is 4.90 Å². The number of rotatable bonds is 7. The molecule has 5 nitrogen and oxygen atoms in total. The van der Waals surface area contributed by atoms with E-state index in [-0.39, 0.29) is 12.6 Å². The molecule has 0 heterocycles. The standard InChI is InChI=1S/C11H23NO4/c1-6-12(9(2)7-15-4)8-11(3,14)10(13)16-5/h9,14H,6-8H2,1-5H3. The highest BCUT2D eigenvalue weighted by molar-refractivity contribution is 5.78. The summed E-state index contributed by atoms with van der Waals surface area (Å²) < 4.78 is 9.60. The average Bonchev–Trinajstić information content (AvgIpc) is 2.24. The van der Waals surface area contributed by atoms with Crippen molar-refractivity contribution in [1.29, 1.82) is 0 Å². The SMILES string of the molecule is CCN(CC(C)(O)C(=O)OC)C(C)COC. The zero-order valence-corrected chi connectivity index (χ0v) is 10.8. The van der Waals surface area contributed by atoms with Crippen molar-refractivity contribution in [1.82, 2.24) is 4.90 Å². The van der Waals surface area contributed by atoms with Gasteiger partial charge < -0.3 is 14.6 Å². The number of carbonyl (C=O) groups is 1.